The average Bonchev–Trinajstić information content (AvgIpc) is 2.39. The van der Waals surface area contributed by atoms with E-state index in [1.54, 1.807) is 6.20 Å². The molecule has 1 aliphatic carbocycles. The van der Waals surface area contributed by atoms with Gasteiger partial charge in [-0.15, -0.1) is 0 Å². The summed E-state index contributed by atoms with van der Waals surface area (Å²) in [6, 6.07) is 1.82. The summed E-state index contributed by atoms with van der Waals surface area (Å²) in [7, 11) is 0. The van der Waals surface area contributed by atoms with E-state index < -0.39 is 0 Å². The van der Waals surface area contributed by atoms with E-state index in [4.69, 9.17) is 4.74 Å². The van der Waals surface area contributed by atoms with Crippen LogP contribution in [0.25, 0.3) is 0 Å². The van der Waals surface area contributed by atoms with Gasteiger partial charge in [0.1, 0.15) is 0 Å². The molecule has 0 atom stereocenters. The van der Waals surface area contributed by atoms with Crippen molar-refractivity contribution in [1.29, 1.82) is 0 Å². The van der Waals surface area contributed by atoms with Crippen LogP contribution in [-0.2, 0) is 0 Å². The molecule has 1 N–H and O–H groups in total. The minimum atomic E-state index is 0.647. The fraction of sp³-hybridized carbons (Fsp3) is 0.692. The standard InChI is InChI=1S/C13H21N3O/c1-2-14-13-15-9-8-12(16-13)17-10-11-6-4-3-5-7-11/h8-9,11H,2-7,10H2,1H3,(H,14,15,16). The number of hydrogen-bond acceptors (Lipinski definition) is 4. The summed E-state index contributed by atoms with van der Waals surface area (Å²) in [5.74, 6) is 2.04. The molecule has 0 amide bonds. The highest BCUT2D eigenvalue weighted by molar-refractivity contribution is 5.26. The van der Waals surface area contributed by atoms with E-state index in [1.807, 2.05) is 13.0 Å². The third-order valence-corrected chi connectivity index (χ3v) is 3.16. The lowest BCUT2D eigenvalue weighted by Gasteiger charge is -2.21. The van der Waals surface area contributed by atoms with Crippen LogP contribution in [0.1, 0.15) is 39.0 Å². The fourth-order valence-corrected chi connectivity index (χ4v) is 2.22. The van der Waals surface area contributed by atoms with E-state index in [0.717, 1.165) is 13.2 Å². The Kier molecular flexibility index (Phi) is 4.59. The topological polar surface area (TPSA) is 47.0 Å². The first-order valence-corrected chi connectivity index (χ1v) is 6.58. The number of anilines is 1. The van der Waals surface area contributed by atoms with Crippen LogP contribution in [-0.4, -0.2) is 23.1 Å². The van der Waals surface area contributed by atoms with Crippen molar-refractivity contribution in [3.8, 4) is 5.88 Å². The van der Waals surface area contributed by atoms with Crippen LogP contribution in [0, 0.1) is 5.92 Å². The predicted octanol–water partition coefficient (Wildman–Crippen LogP) is 2.87. The second kappa shape index (κ2) is 6.42. The van der Waals surface area contributed by atoms with Crippen molar-refractivity contribution in [3.63, 3.8) is 0 Å². The first kappa shape index (κ1) is 12.1. The number of hydrogen-bond donors (Lipinski definition) is 1. The van der Waals surface area contributed by atoms with E-state index in [9.17, 15) is 0 Å². The van der Waals surface area contributed by atoms with E-state index in [0.29, 0.717) is 17.7 Å². The summed E-state index contributed by atoms with van der Waals surface area (Å²) in [4.78, 5) is 8.42. The lowest BCUT2D eigenvalue weighted by Crippen LogP contribution is -2.16. The molecule has 0 radical (unpaired) electrons. The van der Waals surface area contributed by atoms with Gasteiger partial charge in [0, 0.05) is 18.8 Å². The van der Waals surface area contributed by atoms with Gasteiger partial charge in [0.2, 0.25) is 11.8 Å². The Balaban J connectivity index is 1.83. The molecule has 1 saturated carbocycles. The first-order valence-electron chi connectivity index (χ1n) is 6.58. The monoisotopic (exact) mass is 235 g/mol. The largest absolute Gasteiger partial charge is 0.477 e. The summed E-state index contributed by atoms with van der Waals surface area (Å²) in [6.07, 6.45) is 8.41. The van der Waals surface area contributed by atoms with E-state index in [1.165, 1.54) is 32.1 Å². The van der Waals surface area contributed by atoms with Crippen LogP contribution in [0.15, 0.2) is 12.3 Å². The predicted molar refractivity (Wildman–Crippen MR) is 68.3 cm³/mol. The van der Waals surface area contributed by atoms with Crippen LogP contribution in [0.3, 0.4) is 0 Å². The van der Waals surface area contributed by atoms with Gasteiger partial charge in [0.15, 0.2) is 0 Å². The molecule has 94 valence electrons. The zero-order chi connectivity index (χ0) is 11.9. The lowest BCUT2D eigenvalue weighted by atomic mass is 9.90. The number of nitrogens with one attached hydrogen (secondary N) is 1. The second-order valence-electron chi connectivity index (χ2n) is 4.56. The maximum atomic E-state index is 5.74. The minimum absolute atomic E-state index is 0.647. The lowest BCUT2D eigenvalue weighted by molar-refractivity contribution is 0.203. The quantitative estimate of drug-likeness (QED) is 0.852. The Morgan fingerprint density at radius 3 is 2.94 bits per heavy atom. The molecular weight excluding hydrogens is 214 g/mol. The summed E-state index contributed by atoms with van der Waals surface area (Å²) >= 11 is 0. The maximum Gasteiger partial charge on any atom is 0.225 e. The van der Waals surface area contributed by atoms with Crippen LogP contribution >= 0.6 is 0 Å². The molecule has 2 rings (SSSR count). The van der Waals surface area contributed by atoms with Crippen molar-refractivity contribution in [3.05, 3.63) is 12.3 Å². The Labute approximate surface area is 103 Å². The molecule has 0 bridgehead atoms. The van der Waals surface area contributed by atoms with Gasteiger partial charge in [-0.3, -0.25) is 0 Å². The minimum Gasteiger partial charge on any atom is -0.477 e. The van der Waals surface area contributed by atoms with Gasteiger partial charge in [-0.2, -0.15) is 4.98 Å². The molecule has 17 heavy (non-hydrogen) atoms. The van der Waals surface area contributed by atoms with Crippen LogP contribution < -0.4 is 10.1 Å². The van der Waals surface area contributed by atoms with E-state index in [-0.39, 0.29) is 0 Å². The molecule has 1 aromatic heterocycles. The summed E-state index contributed by atoms with van der Waals surface area (Å²) in [6.45, 7) is 3.65. The molecule has 4 heteroatoms. The van der Waals surface area contributed by atoms with E-state index >= 15 is 0 Å². The molecule has 1 aliphatic rings. The normalized spacial score (nSPS) is 16.8. The molecular formula is C13H21N3O. The number of aromatic nitrogens is 2. The number of nitrogens with zero attached hydrogens (tertiary/aromatic N) is 2. The SMILES string of the molecule is CCNc1nccc(OCC2CCCCC2)n1. The fourth-order valence-electron chi connectivity index (χ4n) is 2.22. The molecule has 1 heterocycles. The van der Waals surface area contributed by atoms with Crippen LogP contribution in [0.2, 0.25) is 0 Å². The molecule has 1 fully saturated rings. The average molecular weight is 235 g/mol. The highest BCUT2D eigenvalue weighted by atomic mass is 16.5. The van der Waals surface area contributed by atoms with Crippen LogP contribution in [0.4, 0.5) is 5.95 Å². The van der Waals surface area contributed by atoms with Crippen molar-refractivity contribution in [2.75, 3.05) is 18.5 Å². The van der Waals surface area contributed by atoms with Gasteiger partial charge in [-0.05, 0) is 25.7 Å². The summed E-state index contributed by atoms with van der Waals surface area (Å²) < 4.78 is 5.74. The van der Waals surface area contributed by atoms with Gasteiger partial charge in [-0.25, -0.2) is 4.98 Å². The smallest absolute Gasteiger partial charge is 0.225 e. The molecule has 1 aromatic rings. The van der Waals surface area contributed by atoms with Crippen molar-refractivity contribution in [1.82, 2.24) is 9.97 Å². The molecule has 0 saturated heterocycles. The zero-order valence-electron chi connectivity index (χ0n) is 10.5. The van der Waals surface area contributed by atoms with Crippen molar-refractivity contribution in [2.24, 2.45) is 5.92 Å². The second-order valence-corrected chi connectivity index (χ2v) is 4.56. The van der Waals surface area contributed by atoms with Gasteiger partial charge < -0.3 is 10.1 Å². The van der Waals surface area contributed by atoms with Gasteiger partial charge >= 0.3 is 0 Å². The highest BCUT2D eigenvalue weighted by Gasteiger charge is 2.14. The van der Waals surface area contributed by atoms with Crippen molar-refractivity contribution >= 4 is 5.95 Å². The van der Waals surface area contributed by atoms with Gasteiger partial charge in [-0.1, -0.05) is 19.3 Å². The maximum absolute atomic E-state index is 5.74. The van der Waals surface area contributed by atoms with Crippen LogP contribution in [0.5, 0.6) is 5.88 Å². The third-order valence-electron chi connectivity index (χ3n) is 3.16. The number of ether oxygens (including phenoxy) is 1. The van der Waals surface area contributed by atoms with Crippen molar-refractivity contribution < 1.29 is 4.74 Å². The Morgan fingerprint density at radius 2 is 2.18 bits per heavy atom. The van der Waals surface area contributed by atoms with Gasteiger partial charge in [0.25, 0.3) is 0 Å². The highest BCUT2D eigenvalue weighted by Crippen LogP contribution is 2.24. The third kappa shape index (κ3) is 3.88. The molecule has 0 aromatic carbocycles. The summed E-state index contributed by atoms with van der Waals surface area (Å²) in [5, 5.41) is 3.08. The van der Waals surface area contributed by atoms with Crippen molar-refractivity contribution in [2.45, 2.75) is 39.0 Å². The Morgan fingerprint density at radius 1 is 1.35 bits per heavy atom. The first-order chi connectivity index (χ1) is 8.38. The molecule has 0 unspecified atom stereocenters. The molecule has 0 aliphatic heterocycles. The number of rotatable bonds is 5. The molecule has 4 nitrogen and oxygen atoms in total. The summed E-state index contributed by atoms with van der Waals surface area (Å²) in [5.41, 5.74) is 0. The van der Waals surface area contributed by atoms with E-state index in [2.05, 4.69) is 15.3 Å². The Hall–Kier alpha value is -1.32. The van der Waals surface area contributed by atoms with Gasteiger partial charge in [0.05, 0.1) is 6.61 Å². The Bertz CT molecular complexity index is 337. The molecule has 0 spiro atoms. The zero-order valence-corrected chi connectivity index (χ0v) is 10.5.